The number of carbonyl (C=O) groups is 1. The Labute approximate surface area is 205 Å². The quantitative estimate of drug-likeness (QED) is 0.513. The molecule has 0 N–H and O–H groups in total. The molecule has 0 spiro atoms. The normalized spacial score (nSPS) is 20.5. The Hall–Kier alpha value is -2.73. The highest BCUT2D eigenvalue weighted by atomic mass is 16.5. The van der Waals surface area contributed by atoms with E-state index in [9.17, 15) is 4.79 Å². The Morgan fingerprint density at radius 2 is 1.97 bits per heavy atom. The molecule has 1 fully saturated rings. The summed E-state index contributed by atoms with van der Waals surface area (Å²) >= 11 is 0. The molecule has 2 aliphatic heterocycles. The predicted octanol–water partition coefficient (Wildman–Crippen LogP) is 5.57. The van der Waals surface area contributed by atoms with Crippen molar-refractivity contribution in [3.63, 3.8) is 0 Å². The van der Waals surface area contributed by atoms with E-state index in [2.05, 4.69) is 56.0 Å². The van der Waals surface area contributed by atoms with Crippen LogP contribution in [0.3, 0.4) is 0 Å². The molecule has 0 saturated carbocycles. The molecule has 1 aromatic carbocycles. The van der Waals surface area contributed by atoms with E-state index < -0.39 is 0 Å². The molecule has 186 valence electrons. The standard InChI is InChI=1S/C28H41N3O3/c1-7-9-11-21(3)19-29-13-10-12-24-16-22(4)27-23(17-25(33-5)18-26(27)34-6)20-31(24)28(32)30(8-2)15-14-29/h7,9,11,16-18,22H,8,10,12-15,19-20H2,1-6H3/b9-7-,21-11+. The minimum Gasteiger partial charge on any atom is -0.497 e. The maximum atomic E-state index is 13.8. The highest BCUT2D eigenvalue weighted by Crippen LogP contribution is 2.39. The zero-order chi connectivity index (χ0) is 24.7. The second kappa shape index (κ2) is 12.1. The van der Waals surface area contributed by atoms with Crippen LogP contribution in [0.5, 0.6) is 11.5 Å². The average molecular weight is 468 g/mol. The zero-order valence-electron chi connectivity index (χ0n) is 21.8. The lowest BCUT2D eigenvalue weighted by atomic mass is 9.94. The van der Waals surface area contributed by atoms with Crippen LogP contribution in [0.1, 0.15) is 57.6 Å². The van der Waals surface area contributed by atoms with Crippen molar-refractivity contribution in [1.82, 2.24) is 14.7 Å². The average Bonchev–Trinajstić information content (AvgIpc) is 2.97. The van der Waals surface area contributed by atoms with Gasteiger partial charge in [-0.25, -0.2) is 4.79 Å². The number of rotatable bonds is 6. The van der Waals surface area contributed by atoms with Crippen molar-refractivity contribution in [3.05, 3.63) is 58.8 Å². The fourth-order valence-electron chi connectivity index (χ4n) is 4.97. The number of ether oxygens (including phenoxy) is 2. The molecule has 2 aliphatic rings. The van der Waals surface area contributed by atoms with Gasteiger partial charge >= 0.3 is 6.03 Å². The molecular weight excluding hydrogens is 426 g/mol. The van der Waals surface area contributed by atoms with Crippen LogP contribution in [0.4, 0.5) is 4.79 Å². The third kappa shape index (κ3) is 6.03. The number of allylic oxidation sites excluding steroid dienone is 5. The number of likely N-dealkylation sites (N-methyl/N-ethyl adjacent to an activating group) is 1. The van der Waals surface area contributed by atoms with Gasteiger partial charge in [-0.05, 0) is 51.8 Å². The molecule has 2 amide bonds. The summed E-state index contributed by atoms with van der Waals surface area (Å²) < 4.78 is 11.3. The second-order valence-corrected chi connectivity index (χ2v) is 9.22. The van der Waals surface area contributed by atoms with Gasteiger partial charge in [0.25, 0.3) is 0 Å². The monoisotopic (exact) mass is 467 g/mol. The zero-order valence-corrected chi connectivity index (χ0v) is 21.8. The van der Waals surface area contributed by atoms with Crippen LogP contribution in [-0.2, 0) is 6.54 Å². The van der Waals surface area contributed by atoms with Gasteiger partial charge in [0.15, 0.2) is 0 Å². The van der Waals surface area contributed by atoms with E-state index in [-0.39, 0.29) is 11.9 Å². The van der Waals surface area contributed by atoms with Crippen LogP contribution < -0.4 is 9.47 Å². The van der Waals surface area contributed by atoms with Gasteiger partial charge in [0.2, 0.25) is 0 Å². The lowest BCUT2D eigenvalue weighted by Crippen LogP contribution is -2.46. The molecule has 0 bridgehead atoms. The van der Waals surface area contributed by atoms with Gasteiger partial charge in [0, 0.05) is 49.4 Å². The lowest BCUT2D eigenvalue weighted by molar-refractivity contribution is 0.150. The van der Waals surface area contributed by atoms with E-state index in [0.29, 0.717) is 13.1 Å². The highest BCUT2D eigenvalue weighted by molar-refractivity contribution is 5.77. The molecule has 1 unspecified atom stereocenters. The maximum absolute atomic E-state index is 13.8. The van der Waals surface area contributed by atoms with Gasteiger partial charge in [0.1, 0.15) is 11.5 Å². The van der Waals surface area contributed by atoms with E-state index in [1.54, 1.807) is 14.2 Å². The molecule has 1 saturated heterocycles. The first kappa shape index (κ1) is 25.9. The van der Waals surface area contributed by atoms with Crippen LogP contribution >= 0.6 is 0 Å². The molecule has 2 heterocycles. The van der Waals surface area contributed by atoms with Crippen molar-refractivity contribution in [1.29, 1.82) is 0 Å². The summed E-state index contributed by atoms with van der Waals surface area (Å²) in [5.74, 6) is 1.71. The first-order valence-corrected chi connectivity index (χ1v) is 12.4. The maximum Gasteiger partial charge on any atom is 0.324 e. The SMILES string of the molecule is C/C=C\C=C(/C)CN1CCCC2=CC(C)c3c(cc(OC)cc3OC)CN2C(=O)N(CC)CC1. The summed E-state index contributed by atoms with van der Waals surface area (Å²) in [4.78, 5) is 20.2. The molecule has 1 atom stereocenters. The largest absolute Gasteiger partial charge is 0.497 e. The minimum absolute atomic E-state index is 0.0821. The van der Waals surface area contributed by atoms with Crippen LogP contribution in [0.15, 0.2) is 47.7 Å². The predicted molar refractivity (Wildman–Crippen MR) is 138 cm³/mol. The Balaban J connectivity index is 1.93. The number of hydrogen-bond donors (Lipinski definition) is 0. The molecule has 0 radical (unpaired) electrons. The van der Waals surface area contributed by atoms with Crippen LogP contribution in [-0.4, -0.2) is 67.7 Å². The Bertz CT molecular complexity index is 950. The highest BCUT2D eigenvalue weighted by Gasteiger charge is 2.30. The third-order valence-corrected chi connectivity index (χ3v) is 6.75. The molecular formula is C28H41N3O3. The van der Waals surface area contributed by atoms with Gasteiger partial charge in [0.05, 0.1) is 20.8 Å². The summed E-state index contributed by atoms with van der Waals surface area (Å²) in [5, 5.41) is 0. The second-order valence-electron chi connectivity index (χ2n) is 9.22. The summed E-state index contributed by atoms with van der Waals surface area (Å²) in [6, 6.07) is 4.07. The number of hydrogen-bond acceptors (Lipinski definition) is 4. The smallest absolute Gasteiger partial charge is 0.324 e. The van der Waals surface area contributed by atoms with Crippen LogP contribution in [0.2, 0.25) is 0 Å². The topological polar surface area (TPSA) is 45.3 Å². The number of methoxy groups -OCH3 is 2. The van der Waals surface area contributed by atoms with Gasteiger partial charge in [-0.1, -0.05) is 36.8 Å². The fraction of sp³-hybridized carbons (Fsp3) is 0.536. The Morgan fingerprint density at radius 1 is 1.18 bits per heavy atom. The van der Waals surface area contributed by atoms with E-state index in [0.717, 1.165) is 67.3 Å². The molecule has 3 rings (SSSR count). The van der Waals surface area contributed by atoms with Crippen molar-refractivity contribution in [2.75, 3.05) is 46.9 Å². The molecule has 0 aliphatic carbocycles. The summed E-state index contributed by atoms with van der Waals surface area (Å²) in [7, 11) is 3.36. The van der Waals surface area contributed by atoms with Gasteiger partial charge < -0.3 is 14.4 Å². The molecule has 6 heteroatoms. The van der Waals surface area contributed by atoms with E-state index >= 15 is 0 Å². The van der Waals surface area contributed by atoms with Crippen LogP contribution in [0, 0.1) is 0 Å². The van der Waals surface area contributed by atoms with E-state index in [1.165, 1.54) is 5.57 Å². The number of benzene rings is 1. The Kier molecular flexibility index (Phi) is 9.22. The summed E-state index contributed by atoms with van der Waals surface area (Å²) in [5.41, 5.74) is 4.67. The summed E-state index contributed by atoms with van der Waals surface area (Å²) in [6.45, 7) is 13.2. The van der Waals surface area contributed by atoms with Gasteiger partial charge in [-0.3, -0.25) is 9.80 Å². The third-order valence-electron chi connectivity index (χ3n) is 6.75. The van der Waals surface area contributed by atoms with Crippen molar-refractivity contribution in [3.8, 4) is 11.5 Å². The van der Waals surface area contributed by atoms with Crippen molar-refractivity contribution < 1.29 is 14.3 Å². The Morgan fingerprint density at radius 3 is 2.65 bits per heavy atom. The number of carbonyl (C=O) groups excluding carboxylic acids is 1. The van der Waals surface area contributed by atoms with E-state index in [1.807, 2.05) is 22.8 Å². The minimum atomic E-state index is 0.0821. The van der Waals surface area contributed by atoms with Crippen molar-refractivity contribution >= 4 is 6.03 Å². The van der Waals surface area contributed by atoms with Gasteiger partial charge in [-0.15, -0.1) is 0 Å². The van der Waals surface area contributed by atoms with Crippen LogP contribution in [0.25, 0.3) is 0 Å². The number of amides is 2. The first-order valence-electron chi connectivity index (χ1n) is 12.4. The molecule has 6 nitrogen and oxygen atoms in total. The van der Waals surface area contributed by atoms with Crippen molar-refractivity contribution in [2.45, 2.75) is 53.0 Å². The van der Waals surface area contributed by atoms with Gasteiger partial charge in [-0.2, -0.15) is 0 Å². The molecule has 34 heavy (non-hydrogen) atoms. The van der Waals surface area contributed by atoms with E-state index in [4.69, 9.17) is 9.47 Å². The molecule has 1 aromatic rings. The first-order chi connectivity index (χ1) is 16.4. The summed E-state index contributed by atoms with van der Waals surface area (Å²) in [6.07, 6.45) is 10.5. The fourth-order valence-corrected chi connectivity index (χ4v) is 4.97. The number of nitrogens with zero attached hydrogens (tertiary/aromatic N) is 3. The number of urea groups is 1. The number of fused-ring (bicyclic) bond motifs is 2. The van der Waals surface area contributed by atoms with Crippen molar-refractivity contribution in [2.24, 2.45) is 0 Å². The molecule has 0 aromatic heterocycles. The lowest BCUT2D eigenvalue weighted by Gasteiger charge is -2.35.